The highest BCUT2D eigenvalue weighted by Gasteiger charge is 1.99. The van der Waals surface area contributed by atoms with Crippen molar-refractivity contribution in [2.45, 2.75) is 13.3 Å². The fourth-order valence-electron chi connectivity index (χ4n) is 0.519. The van der Waals surface area contributed by atoms with E-state index in [0.29, 0.717) is 13.0 Å². The van der Waals surface area contributed by atoms with Crippen molar-refractivity contribution in [3.63, 3.8) is 0 Å². The predicted molar refractivity (Wildman–Crippen MR) is 38.2 cm³/mol. The summed E-state index contributed by atoms with van der Waals surface area (Å²) in [5.74, 6) is 0.127. The van der Waals surface area contributed by atoms with E-state index in [1.54, 1.807) is 14.0 Å². The van der Waals surface area contributed by atoms with E-state index >= 15 is 0 Å². The molecule has 0 aliphatic carbocycles. The molecule has 4 heteroatoms. The Labute approximate surface area is 60.1 Å². The predicted octanol–water partition coefficient (Wildman–Crippen LogP) is 0.315. The molecule has 0 heterocycles. The summed E-state index contributed by atoms with van der Waals surface area (Å²) < 4.78 is 0. The van der Waals surface area contributed by atoms with Crippen molar-refractivity contribution in [3.8, 4) is 0 Å². The van der Waals surface area contributed by atoms with Gasteiger partial charge in [-0.05, 0) is 0 Å². The molecule has 0 spiro atoms. The SMILES string of the molecule is CCC(=O)CN(C)C=NO. The highest BCUT2D eigenvalue weighted by molar-refractivity contribution is 5.81. The van der Waals surface area contributed by atoms with Crippen LogP contribution in [0.2, 0.25) is 0 Å². The number of Topliss-reactive ketones (excluding diaryl/α,β-unsaturated/α-hetero) is 1. The molecule has 0 rings (SSSR count). The van der Waals surface area contributed by atoms with Gasteiger partial charge in [0, 0.05) is 13.5 Å². The van der Waals surface area contributed by atoms with Crippen molar-refractivity contribution in [3.05, 3.63) is 0 Å². The maximum Gasteiger partial charge on any atom is 0.151 e. The van der Waals surface area contributed by atoms with Gasteiger partial charge in [-0.1, -0.05) is 12.1 Å². The normalized spacial score (nSPS) is 10.2. The van der Waals surface area contributed by atoms with Crippen LogP contribution >= 0.6 is 0 Å². The van der Waals surface area contributed by atoms with Gasteiger partial charge < -0.3 is 10.1 Å². The maximum atomic E-state index is 10.7. The Morgan fingerprint density at radius 3 is 2.80 bits per heavy atom. The summed E-state index contributed by atoms with van der Waals surface area (Å²) in [5.41, 5.74) is 0. The minimum Gasteiger partial charge on any atom is -0.410 e. The molecule has 10 heavy (non-hydrogen) atoms. The summed E-state index contributed by atoms with van der Waals surface area (Å²) in [7, 11) is 1.67. The van der Waals surface area contributed by atoms with Crippen LogP contribution in [0.4, 0.5) is 0 Å². The van der Waals surface area contributed by atoms with Crippen LogP contribution in [0.1, 0.15) is 13.3 Å². The van der Waals surface area contributed by atoms with Crippen molar-refractivity contribution < 1.29 is 10.0 Å². The molecule has 0 bridgehead atoms. The summed E-state index contributed by atoms with van der Waals surface area (Å²) in [6, 6.07) is 0. The molecular formula is C6H12N2O2. The highest BCUT2D eigenvalue weighted by Crippen LogP contribution is 1.83. The molecule has 0 saturated heterocycles. The van der Waals surface area contributed by atoms with Crippen LogP contribution in [0.5, 0.6) is 0 Å². The topological polar surface area (TPSA) is 52.9 Å². The lowest BCUT2D eigenvalue weighted by molar-refractivity contribution is -0.118. The Morgan fingerprint density at radius 2 is 2.40 bits per heavy atom. The Bertz CT molecular complexity index is 134. The monoisotopic (exact) mass is 144 g/mol. The van der Waals surface area contributed by atoms with Gasteiger partial charge in [-0.2, -0.15) is 0 Å². The Morgan fingerprint density at radius 1 is 1.80 bits per heavy atom. The number of likely N-dealkylation sites (N-methyl/N-ethyl adjacent to an activating group) is 1. The lowest BCUT2D eigenvalue weighted by atomic mass is 10.3. The summed E-state index contributed by atoms with van der Waals surface area (Å²) in [5, 5.41) is 10.8. The van der Waals surface area contributed by atoms with Crippen LogP contribution in [0.25, 0.3) is 0 Å². The molecular weight excluding hydrogens is 132 g/mol. The molecule has 0 radical (unpaired) electrons. The van der Waals surface area contributed by atoms with Gasteiger partial charge in [0.25, 0.3) is 0 Å². The first-order valence-electron chi connectivity index (χ1n) is 3.10. The van der Waals surface area contributed by atoms with E-state index in [1.165, 1.54) is 11.2 Å². The second-order valence-corrected chi connectivity index (χ2v) is 2.04. The van der Waals surface area contributed by atoms with Crippen molar-refractivity contribution in [1.29, 1.82) is 0 Å². The van der Waals surface area contributed by atoms with Gasteiger partial charge in [0.15, 0.2) is 5.78 Å². The first-order valence-corrected chi connectivity index (χ1v) is 3.10. The molecule has 0 aromatic carbocycles. The zero-order chi connectivity index (χ0) is 7.98. The van der Waals surface area contributed by atoms with E-state index in [2.05, 4.69) is 5.16 Å². The van der Waals surface area contributed by atoms with Crippen LogP contribution in [-0.4, -0.2) is 35.8 Å². The number of hydrogen-bond donors (Lipinski definition) is 1. The lowest BCUT2D eigenvalue weighted by Gasteiger charge is -2.08. The average Bonchev–Trinajstić information content (AvgIpc) is 1.88. The quantitative estimate of drug-likeness (QED) is 0.267. The first kappa shape index (κ1) is 8.94. The summed E-state index contributed by atoms with van der Waals surface area (Å²) in [4.78, 5) is 12.2. The van der Waals surface area contributed by atoms with Crippen LogP contribution in [0.3, 0.4) is 0 Å². The molecule has 0 fully saturated rings. The third kappa shape index (κ3) is 3.88. The first-order chi connectivity index (χ1) is 4.70. The number of carbonyl (C=O) groups excluding carboxylic acids is 1. The summed E-state index contributed by atoms with van der Waals surface area (Å²) in [6.07, 6.45) is 1.72. The average molecular weight is 144 g/mol. The van der Waals surface area contributed by atoms with Crippen LogP contribution in [-0.2, 0) is 4.79 Å². The molecule has 58 valence electrons. The van der Waals surface area contributed by atoms with E-state index in [4.69, 9.17) is 5.21 Å². The van der Waals surface area contributed by atoms with E-state index in [9.17, 15) is 4.79 Å². The largest absolute Gasteiger partial charge is 0.410 e. The number of nitrogens with zero attached hydrogens (tertiary/aromatic N) is 2. The molecule has 0 atom stereocenters. The zero-order valence-electron chi connectivity index (χ0n) is 6.24. The van der Waals surface area contributed by atoms with Gasteiger partial charge in [-0.25, -0.2) is 0 Å². The third-order valence-electron chi connectivity index (χ3n) is 1.07. The molecule has 0 aliphatic rings. The molecule has 0 saturated carbocycles. The minimum atomic E-state index is 0.127. The third-order valence-corrected chi connectivity index (χ3v) is 1.07. The molecule has 0 unspecified atom stereocenters. The van der Waals surface area contributed by atoms with Crippen LogP contribution in [0, 0.1) is 0 Å². The molecule has 0 aliphatic heterocycles. The summed E-state index contributed by atoms with van der Waals surface area (Å²) in [6.45, 7) is 2.10. The number of ketones is 1. The zero-order valence-corrected chi connectivity index (χ0v) is 6.24. The van der Waals surface area contributed by atoms with Gasteiger partial charge >= 0.3 is 0 Å². The Balaban J connectivity index is 3.57. The number of carbonyl (C=O) groups is 1. The van der Waals surface area contributed by atoms with Gasteiger partial charge in [0.2, 0.25) is 0 Å². The number of oxime groups is 1. The second-order valence-electron chi connectivity index (χ2n) is 2.04. The Hall–Kier alpha value is -1.06. The molecule has 0 amide bonds. The molecule has 1 N–H and O–H groups in total. The van der Waals surface area contributed by atoms with Gasteiger partial charge in [-0.15, -0.1) is 0 Å². The number of hydrogen-bond acceptors (Lipinski definition) is 3. The molecule has 4 nitrogen and oxygen atoms in total. The Kier molecular flexibility index (Phi) is 4.28. The fourth-order valence-corrected chi connectivity index (χ4v) is 0.519. The molecule has 0 aromatic rings. The van der Waals surface area contributed by atoms with E-state index in [-0.39, 0.29) is 5.78 Å². The second kappa shape index (κ2) is 4.78. The van der Waals surface area contributed by atoms with Crippen LogP contribution < -0.4 is 0 Å². The van der Waals surface area contributed by atoms with Gasteiger partial charge in [0.05, 0.1) is 6.54 Å². The van der Waals surface area contributed by atoms with Crippen molar-refractivity contribution in [2.24, 2.45) is 5.16 Å². The van der Waals surface area contributed by atoms with Crippen molar-refractivity contribution in [1.82, 2.24) is 4.90 Å². The highest BCUT2D eigenvalue weighted by atomic mass is 16.4. The van der Waals surface area contributed by atoms with Gasteiger partial charge in [0.1, 0.15) is 6.34 Å². The minimum absolute atomic E-state index is 0.127. The standard InChI is InChI=1S/C6H12N2O2/c1-3-6(9)4-8(2)5-7-10/h5,10H,3-4H2,1-2H3. The van der Waals surface area contributed by atoms with E-state index in [0.717, 1.165) is 0 Å². The van der Waals surface area contributed by atoms with Crippen molar-refractivity contribution >= 4 is 12.1 Å². The van der Waals surface area contributed by atoms with Crippen molar-refractivity contribution in [2.75, 3.05) is 13.6 Å². The summed E-state index contributed by atoms with van der Waals surface area (Å²) >= 11 is 0. The molecule has 0 aromatic heterocycles. The van der Waals surface area contributed by atoms with Crippen LogP contribution in [0.15, 0.2) is 5.16 Å². The van der Waals surface area contributed by atoms with Gasteiger partial charge in [-0.3, -0.25) is 4.79 Å². The number of rotatable bonds is 4. The lowest BCUT2D eigenvalue weighted by Crippen LogP contribution is -2.23. The van der Waals surface area contributed by atoms with E-state index < -0.39 is 0 Å². The smallest absolute Gasteiger partial charge is 0.151 e. The van der Waals surface area contributed by atoms with E-state index in [1.807, 2.05) is 0 Å². The fraction of sp³-hybridized carbons (Fsp3) is 0.667. The maximum absolute atomic E-state index is 10.7.